The van der Waals surface area contributed by atoms with Gasteiger partial charge in [0.05, 0.1) is 11.4 Å². The molecule has 0 saturated heterocycles. The number of hydrogen-bond donors (Lipinski definition) is 2. The van der Waals surface area contributed by atoms with Crippen molar-refractivity contribution in [2.75, 3.05) is 10.5 Å². The van der Waals surface area contributed by atoms with Crippen LogP contribution in [0.4, 0.5) is 15.8 Å². The van der Waals surface area contributed by atoms with Crippen molar-refractivity contribution in [3.05, 3.63) is 52.8 Å². The molecule has 0 aliphatic carbocycles. The van der Waals surface area contributed by atoms with E-state index in [0.29, 0.717) is 16.7 Å². The quantitative estimate of drug-likeness (QED) is 0.856. The summed E-state index contributed by atoms with van der Waals surface area (Å²) in [7, 11) is -3.87. The molecule has 0 amide bonds. The SMILES string of the molecule is Cc1ccc(NS(=O)(=O)c2c(C)ccc(C)c2N)cc1F. The van der Waals surface area contributed by atoms with Gasteiger partial charge in [-0.05, 0) is 49.6 Å². The van der Waals surface area contributed by atoms with Crippen LogP contribution in [0.25, 0.3) is 0 Å². The van der Waals surface area contributed by atoms with Crippen molar-refractivity contribution in [3.8, 4) is 0 Å². The lowest BCUT2D eigenvalue weighted by Crippen LogP contribution is -2.17. The van der Waals surface area contributed by atoms with Crippen LogP contribution in [0.3, 0.4) is 0 Å². The van der Waals surface area contributed by atoms with Gasteiger partial charge >= 0.3 is 0 Å². The summed E-state index contributed by atoms with van der Waals surface area (Å²) in [5, 5.41) is 0. The van der Waals surface area contributed by atoms with E-state index < -0.39 is 15.8 Å². The van der Waals surface area contributed by atoms with Crippen LogP contribution in [0.1, 0.15) is 16.7 Å². The number of benzene rings is 2. The highest BCUT2D eigenvalue weighted by Crippen LogP contribution is 2.28. The van der Waals surface area contributed by atoms with Crippen LogP contribution in [0.5, 0.6) is 0 Å². The van der Waals surface area contributed by atoms with Crippen LogP contribution in [0, 0.1) is 26.6 Å². The minimum Gasteiger partial charge on any atom is -0.397 e. The lowest BCUT2D eigenvalue weighted by molar-refractivity contribution is 0.600. The summed E-state index contributed by atoms with van der Waals surface area (Å²) in [4.78, 5) is 0.0310. The molecular weight excluding hydrogens is 291 g/mol. The summed E-state index contributed by atoms with van der Waals surface area (Å²) in [5.74, 6) is -0.468. The standard InChI is InChI=1S/C15H17FN2O2S/c1-9-6-7-12(8-13(9)16)18-21(19,20)15-11(3)5-4-10(2)14(15)17/h4-8,18H,17H2,1-3H3. The van der Waals surface area contributed by atoms with E-state index in [2.05, 4.69) is 4.72 Å². The zero-order valence-electron chi connectivity index (χ0n) is 12.1. The molecule has 0 spiro atoms. The molecule has 21 heavy (non-hydrogen) atoms. The molecule has 2 rings (SSSR count). The van der Waals surface area contributed by atoms with Crippen molar-refractivity contribution in [2.24, 2.45) is 0 Å². The van der Waals surface area contributed by atoms with Gasteiger partial charge in [-0.2, -0.15) is 0 Å². The fraction of sp³-hybridized carbons (Fsp3) is 0.200. The largest absolute Gasteiger partial charge is 0.397 e. The Morgan fingerprint density at radius 2 is 1.57 bits per heavy atom. The molecule has 112 valence electrons. The number of rotatable bonds is 3. The van der Waals surface area contributed by atoms with Crippen molar-refractivity contribution in [2.45, 2.75) is 25.7 Å². The number of anilines is 2. The first-order valence-electron chi connectivity index (χ1n) is 6.37. The smallest absolute Gasteiger partial charge is 0.264 e. The van der Waals surface area contributed by atoms with Crippen LogP contribution < -0.4 is 10.5 Å². The van der Waals surface area contributed by atoms with Crippen LogP contribution in [-0.4, -0.2) is 8.42 Å². The second-order valence-electron chi connectivity index (χ2n) is 5.01. The number of nitrogen functional groups attached to an aromatic ring is 1. The van der Waals surface area contributed by atoms with E-state index in [4.69, 9.17) is 5.73 Å². The number of nitrogens with two attached hydrogens (primary N) is 1. The fourth-order valence-electron chi connectivity index (χ4n) is 2.03. The number of hydrogen-bond acceptors (Lipinski definition) is 3. The summed E-state index contributed by atoms with van der Waals surface area (Å²) in [6, 6.07) is 7.62. The average molecular weight is 308 g/mol. The minimum absolute atomic E-state index is 0.0310. The van der Waals surface area contributed by atoms with Gasteiger partial charge in [-0.25, -0.2) is 12.8 Å². The topological polar surface area (TPSA) is 72.2 Å². The Balaban J connectivity index is 2.48. The predicted molar refractivity (Wildman–Crippen MR) is 82.3 cm³/mol. The number of aryl methyl sites for hydroxylation is 3. The van der Waals surface area contributed by atoms with Gasteiger partial charge in [0.1, 0.15) is 10.7 Å². The van der Waals surface area contributed by atoms with Crippen molar-refractivity contribution in [1.29, 1.82) is 0 Å². The lowest BCUT2D eigenvalue weighted by Gasteiger charge is -2.14. The number of sulfonamides is 1. The van der Waals surface area contributed by atoms with Gasteiger partial charge in [0.15, 0.2) is 0 Å². The normalized spacial score (nSPS) is 11.4. The molecule has 0 bridgehead atoms. The van der Waals surface area contributed by atoms with Crippen LogP contribution in [-0.2, 0) is 10.0 Å². The van der Waals surface area contributed by atoms with E-state index >= 15 is 0 Å². The average Bonchev–Trinajstić information content (AvgIpc) is 2.38. The van der Waals surface area contributed by atoms with Crippen LogP contribution >= 0.6 is 0 Å². The van der Waals surface area contributed by atoms with Gasteiger partial charge in [0.25, 0.3) is 10.0 Å². The van der Waals surface area contributed by atoms with E-state index in [0.717, 1.165) is 6.07 Å². The zero-order valence-corrected chi connectivity index (χ0v) is 12.9. The van der Waals surface area contributed by atoms with E-state index in [1.165, 1.54) is 12.1 Å². The third kappa shape index (κ3) is 3.00. The molecule has 0 heterocycles. The fourth-order valence-corrected chi connectivity index (χ4v) is 3.51. The molecule has 0 atom stereocenters. The molecular formula is C15H17FN2O2S. The molecule has 0 aliphatic rings. The zero-order chi connectivity index (χ0) is 15.8. The summed E-state index contributed by atoms with van der Waals surface area (Å²) in [6.07, 6.45) is 0. The molecule has 0 fully saturated rings. The van der Waals surface area contributed by atoms with Crippen LogP contribution in [0.2, 0.25) is 0 Å². The van der Waals surface area contributed by atoms with E-state index in [9.17, 15) is 12.8 Å². The van der Waals surface area contributed by atoms with Gasteiger partial charge < -0.3 is 5.73 Å². The summed E-state index contributed by atoms with van der Waals surface area (Å²) in [6.45, 7) is 5.01. The van der Waals surface area contributed by atoms with Gasteiger partial charge in [-0.1, -0.05) is 18.2 Å². The summed E-state index contributed by atoms with van der Waals surface area (Å²) < 4.78 is 40.8. The highest BCUT2D eigenvalue weighted by atomic mass is 32.2. The molecule has 4 nitrogen and oxygen atoms in total. The molecule has 2 aromatic rings. The molecule has 0 aromatic heterocycles. The van der Waals surface area contributed by atoms with E-state index in [-0.39, 0.29) is 16.3 Å². The Hall–Kier alpha value is -2.08. The maximum Gasteiger partial charge on any atom is 0.264 e. The second-order valence-corrected chi connectivity index (χ2v) is 6.63. The van der Waals surface area contributed by atoms with E-state index in [1.54, 1.807) is 32.9 Å². The van der Waals surface area contributed by atoms with Crippen molar-refractivity contribution < 1.29 is 12.8 Å². The van der Waals surface area contributed by atoms with Crippen molar-refractivity contribution in [3.63, 3.8) is 0 Å². The first-order chi connectivity index (χ1) is 9.72. The minimum atomic E-state index is -3.87. The Morgan fingerprint density at radius 3 is 2.19 bits per heavy atom. The molecule has 0 radical (unpaired) electrons. The van der Waals surface area contributed by atoms with Gasteiger partial charge in [0, 0.05) is 0 Å². The van der Waals surface area contributed by atoms with Gasteiger partial charge in [-0.15, -0.1) is 0 Å². The Labute approximate surface area is 123 Å². The Morgan fingerprint density at radius 1 is 1.00 bits per heavy atom. The first-order valence-corrected chi connectivity index (χ1v) is 7.85. The molecule has 2 aromatic carbocycles. The molecule has 3 N–H and O–H groups in total. The van der Waals surface area contributed by atoms with Gasteiger partial charge in [-0.3, -0.25) is 4.72 Å². The third-order valence-electron chi connectivity index (χ3n) is 3.30. The Bertz CT molecular complexity index is 802. The summed E-state index contributed by atoms with van der Waals surface area (Å²) in [5.41, 5.74) is 7.92. The number of halogens is 1. The molecule has 0 unspecified atom stereocenters. The van der Waals surface area contributed by atoms with Crippen LogP contribution in [0.15, 0.2) is 35.2 Å². The summed E-state index contributed by atoms with van der Waals surface area (Å²) >= 11 is 0. The molecule has 0 aliphatic heterocycles. The maximum atomic E-state index is 13.5. The second kappa shape index (κ2) is 5.37. The third-order valence-corrected chi connectivity index (χ3v) is 4.89. The highest BCUT2D eigenvalue weighted by molar-refractivity contribution is 7.93. The predicted octanol–water partition coefficient (Wildman–Crippen LogP) is 3.13. The van der Waals surface area contributed by atoms with E-state index in [1.807, 2.05) is 0 Å². The lowest BCUT2D eigenvalue weighted by atomic mass is 10.1. The van der Waals surface area contributed by atoms with Gasteiger partial charge in [0.2, 0.25) is 0 Å². The molecule has 6 heteroatoms. The Kier molecular flexibility index (Phi) is 3.91. The first kappa shape index (κ1) is 15.3. The maximum absolute atomic E-state index is 13.5. The van der Waals surface area contributed by atoms with Crippen molar-refractivity contribution in [1.82, 2.24) is 0 Å². The van der Waals surface area contributed by atoms with Crippen molar-refractivity contribution >= 4 is 21.4 Å². The molecule has 0 saturated carbocycles. The number of nitrogens with one attached hydrogen (secondary N) is 1. The monoisotopic (exact) mass is 308 g/mol. The highest BCUT2D eigenvalue weighted by Gasteiger charge is 2.21.